The van der Waals surface area contributed by atoms with Crippen LogP contribution in [0.3, 0.4) is 0 Å². The van der Waals surface area contributed by atoms with Crippen LogP contribution >= 0.6 is 0 Å². The molecule has 1 heterocycles. The Morgan fingerprint density at radius 1 is 1.50 bits per heavy atom. The molecule has 0 radical (unpaired) electrons. The van der Waals surface area contributed by atoms with Gasteiger partial charge in [0, 0.05) is 6.08 Å². The molecule has 0 aliphatic carbocycles. The number of methoxy groups -OCH3 is 1. The van der Waals surface area contributed by atoms with Crippen molar-refractivity contribution in [2.75, 3.05) is 13.7 Å². The highest BCUT2D eigenvalue weighted by Crippen LogP contribution is 2.31. The summed E-state index contributed by atoms with van der Waals surface area (Å²) in [6, 6.07) is 0. The van der Waals surface area contributed by atoms with Crippen molar-refractivity contribution in [3.8, 4) is 0 Å². The van der Waals surface area contributed by atoms with Gasteiger partial charge in [0.25, 0.3) is 0 Å². The number of aliphatic hydroxyl groups excluding tert-OH is 1. The maximum atomic E-state index is 11.1. The van der Waals surface area contributed by atoms with Crippen molar-refractivity contribution in [1.82, 2.24) is 0 Å². The first kappa shape index (κ1) is 13.2. The molecule has 1 aliphatic rings. The summed E-state index contributed by atoms with van der Waals surface area (Å²) in [5.74, 6) is -1.19. The summed E-state index contributed by atoms with van der Waals surface area (Å²) in [6.07, 6.45) is 0.480. The van der Waals surface area contributed by atoms with Crippen molar-refractivity contribution in [3.63, 3.8) is 0 Å². The third-order valence-electron chi connectivity index (χ3n) is 2.36. The zero-order chi connectivity index (χ0) is 12.3. The standard InChI is InChI=1S/C11H18O5/c1-7(5-9(13)14-4)10-8(6-12)15-11(2,3)16-10/h5,8,10,12H,6H2,1-4H3/b7-5+/t8-,10+/m1/s1. The molecular weight excluding hydrogens is 212 g/mol. The zero-order valence-electron chi connectivity index (χ0n) is 10.0. The predicted molar refractivity (Wildman–Crippen MR) is 56.7 cm³/mol. The molecule has 1 rings (SSSR count). The van der Waals surface area contributed by atoms with Gasteiger partial charge < -0.3 is 19.3 Å². The number of ether oxygens (including phenoxy) is 3. The lowest BCUT2D eigenvalue weighted by atomic mass is 10.1. The van der Waals surface area contributed by atoms with Crippen molar-refractivity contribution in [1.29, 1.82) is 0 Å². The Morgan fingerprint density at radius 3 is 2.62 bits per heavy atom. The first-order chi connectivity index (χ1) is 7.39. The van der Waals surface area contributed by atoms with E-state index in [1.165, 1.54) is 13.2 Å². The van der Waals surface area contributed by atoms with E-state index in [0.717, 1.165) is 0 Å². The average Bonchev–Trinajstić information content (AvgIpc) is 2.53. The molecule has 0 saturated carbocycles. The maximum absolute atomic E-state index is 11.1. The van der Waals surface area contributed by atoms with Gasteiger partial charge in [-0.1, -0.05) is 0 Å². The summed E-state index contributed by atoms with van der Waals surface area (Å²) < 4.78 is 15.6. The fraction of sp³-hybridized carbons (Fsp3) is 0.727. The summed E-state index contributed by atoms with van der Waals surface area (Å²) in [5.41, 5.74) is 0.677. The van der Waals surface area contributed by atoms with Crippen LogP contribution in [0.5, 0.6) is 0 Å². The number of hydrogen-bond acceptors (Lipinski definition) is 5. The average molecular weight is 230 g/mol. The molecule has 2 atom stereocenters. The lowest BCUT2D eigenvalue weighted by Crippen LogP contribution is -2.27. The van der Waals surface area contributed by atoms with E-state index in [9.17, 15) is 4.79 Å². The molecule has 0 aromatic heterocycles. The highest BCUT2D eigenvalue weighted by Gasteiger charge is 2.41. The molecule has 16 heavy (non-hydrogen) atoms. The number of hydrogen-bond donors (Lipinski definition) is 1. The van der Waals surface area contributed by atoms with E-state index in [2.05, 4.69) is 4.74 Å². The Morgan fingerprint density at radius 2 is 2.12 bits per heavy atom. The van der Waals surface area contributed by atoms with Crippen molar-refractivity contribution >= 4 is 5.97 Å². The third kappa shape index (κ3) is 3.04. The van der Waals surface area contributed by atoms with E-state index in [-0.39, 0.29) is 6.61 Å². The van der Waals surface area contributed by atoms with Gasteiger partial charge in [0.2, 0.25) is 0 Å². The summed E-state index contributed by atoms with van der Waals surface area (Å²) in [6.45, 7) is 5.12. The SMILES string of the molecule is COC(=O)/C=C(\C)[C@@H]1OC(C)(C)O[C@@H]1CO. The normalized spacial score (nSPS) is 29.2. The van der Waals surface area contributed by atoms with E-state index in [4.69, 9.17) is 14.6 Å². The summed E-state index contributed by atoms with van der Waals surface area (Å²) >= 11 is 0. The second-order valence-electron chi connectivity index (χ2n) is 4.19. The first-order valence-electron chi connectivity index (χ1n) is 5.12. The van der Waals surface area contributed by atoms with Gasteiger partial charge in [0.1, 0.15) is 12.2 Å². The molecule has 1 saturated heterocycles. The minimum absolute atomic E-state index is 0.152. The van der Waals surface area contributed by atoms with E-state index in [1.807, 2.05) is 0 Å². The van der Waals surface area contributed by atoms with Crippen molar-refractivity contribution in [2.45, 2.75) is 38.8 Å². The predicted octanol–water partition coefficient (Wildman–Crippen LogP) is 0.618. The van der Waals surface area contributed by atoms with Gasteiger partial charge in [0.05, 0.1) is 13.7 Å². The summed E-state index contributed by atoms with van der Waals surface area (Å²) in [7, 11) is 1.31. The Kier molecular flexibility index (Phi) is 4.07. The monoisotopic (exact) mass is 230 g/mol. The molecule has 1 N–H and O–H groups in total. The number of aliphatic hydroxyl groups is 1. The van der Waals surface area contributed by atoms with Crippen LogP contribution in [0.15, 0.2) is 11.6 Å². The molecule has 0 spiro atoms. The van der Waals surface area contributed by atoms with Gasteiger partial charge in [-0.3, -0.25) is 0 Å². The Hall–Kier alpha value is -0.910. The lowest BCUT2D eigenvalue weighted by molar-refractivity contribution is -0.147. The fourth-order valence-electron chi connectivity index (χ4n) is 1.68. The van der Waals surface area contributed by atoms with Gasteiger partial charge >= 0.3 is 5.97 Å². The molecule has 0 aromatic rings. The maximum Gasteiger partial charge on any atom is 0.330 e. The highest BCUT2D eigenvalue weighted by molar-refractivity contribution is 5.82. The lowest BCUT2D eigenvalue weighted by Gasteiger charge is -2.17. The largest absolute Gasteiger partial charge is 0.466 e. The van der Waals surface area contributed by atoms with E-state index >= 15 is 0 Å². The molecule has 0 amide bonds. The molecular formula is C11H18O5. The molecule has 5 heteroatoms. The molecule has 1 aliphatic heterocycles. The molecule has 1 fully saturated rings. The van der Waals surface area contributed by atoms with Crippen LogP contribution in [-0.4, -0.2) is 42.8 Å². The van der Waals surface area contributed by atoms with E-state index in [0.29, 0.717) is 5.57 Å². The Balaban J connectivity index is 2.79. The van der Waals surface area contributed by atoms with Crippen LogP contribution in [-0.2, 0) is 19.0 Å². The van der Waals surface area contributed by atoms with Crippen molar-refractivity contribution in [3.05, 3.63) is 11.6 Å². The highest BCUT2D eigenvalue weighted by atomic mass is 16.8. The molecule has 0 bridgehead atoms. The fourth-order valence-corrected chi connectivity index (χ4v) is 1.68. The minimum Gasteiger partial charge on any atom is -0.466 e. The number of carbonyl (C=O) groups excluding carboxylic acids is 1. The zero-order valence-corrected chi connectivity index (χ0v) is 10.0. The number of rotatable bonds is 3. The number of carbonyl (C=O) groups is 1. The topological polar surface area (TPSA) is 65.0 Å². The minimum atomic E-state index is -0.747. The quantitative estimate of drug-likeness (QED) is 0.568. The van der Waals surface area contributed by atoms with Gasteiger partial charge in [-0.15, -0.1) is 0 Å². The molecule has 92 valence electrons. The second kappa shape index (κ2) is 4.95. The van der Waals surface area contributed by atoms with E-state index < -0.39 is 24.0 Å². The van der Waals surface area contributed by atoms with E-state index in [1.54, 1.807) is 20.8 Å². The van der Waals surface area contributed by atoms with Gasteiger partial charge in [-0.2, -0.15) is 0 Å². The van der Waals surface area contributed by atoms with Gasteiger partial charge in [0.15, 0.2) is 5.79 Å². The molecule has 0 unspecified atom stereocenters. The summed E-state index contributed by atoms with van der Waals surface area (Å²) in [5, 5.41) is 9.16. The van der Waals surface area contributed by atoms with Crippen LogP contribution in [0.2, 0.25) is 0 Å². The Bertz CT molecular complexity index is 295. The van der Waals surface area contributed by atoms with Crippen molar-refractivity contribution < 1.29 is 24.1 Å². The smallest absolute Gasteiger partial charge is 0.330 e. The molecule has 0 aromatic carbocycles. The van der Waals surface area contributed by atoms with Gasteiger partial charge in [-0.25, -0.2) is 4.79 Å². The van der Waals surface area contributed by atoms with Gasteiger partial charge in [-0.05, 0) is 26.3 Å². The number of esters is 1. The third-order valence-corrected chi connectivity index (χ3v) is 2.36. The summed E-state index contributed by atoms with van der Waals surface area (Å²) in [4.78, 5) is 11.1. The Labute approximate surface area is 95.0 Å². The van der Waals surface area contributed by atoms with Crippen LogP contribution in [0.1, 0.15) is 20.8 Å². The van der Waals surface area contributed by atoms with Crippen molar-refractivity contribution in [2.24, 2.45) is 0 Å². The molecule has 5 nitrogen and oxygen atoms in total. The van der Waals surface area contributed by atoms with Crippen LogP contribution in [0, 0.1) is 0 Å². The second-order valence-corrected chi connectivity index (χ2v) is 4.19. The van der Waals surface area contributed by atoms with Crippen LogP contribution in [0.4, 0.5) is 0 Å². The first-order valence-corrected chi connectivity index (χ1v) is 5.12. The van der Waals surface area contributed by atoms with Crippen LogP contribution < -0.4 is 0 Å². The van der Waals surface area contributed by atoms with Crippen LogP contribution in [0.25, 0.3) is 0 Å².